The van der Waals surface area contributed by atoms with E-state index < -0.39 is 22.0 Å². The third-order valence-corrected chi connectivity index (χ3v) is 6.88. The summed E-state index contributed by atoms with van der Waals surface area (Å²) in [6, 6.07) is 15.7. The minimum absolute atomic E-state index is 0.0386. The first-order valence-electron chi connectivity index (χ1n) is 10.7. The van der Waals surface area contributed by atoms with Crippen LogP contribution >= 0.6 is 0 Å². The first-order chi connectivity index (χ1) is 16.8. The second kappa shape index (κ2) is 8.93. The van der Waals surface area contributed by atoms with Gasteiger partial charge in [-0.3, -0.25) is 9.59 Å². The van der Waals surface area contributed by atoms with Gasteiger partial charge in [0, 0.05) is 17.8 Å². The summed E-state index contributed by atoms with van der Waals surface area (Å²) in [6.07, 6.45) is -0.605. The summed E-state index contributed by atoms with van der Waals surface area (Å²) in [7, 11) is -3.89. The molecule has 3 aromatic rings. The fourth-order valence-electron chi connectivity index (χ4n) is 3.61. The number of anilines is 2. The zero-order valence-corrected chi connectivity index (χ0v) is 19.3. The summed E-state index contributed by atoms with van der Waals surface area (Å²) < 4.78 is 44.3. The van der Waals surface area contributed by atoms with Crippen molar-refractivity contribution in [1.29, 1.82) is 0 Å². The summed E-state index contributed by atoms with van der Waals surface area (Å²) in [5.41, 5.74) is 1.71. The Balaban J connectivity index is 1.28. The first kappa shape index (κ1) is 22.7. The van der Waals surface area contributed by atoms with Gasteiger partial charge in [0.15, 0.2) is 17.6 Å². The van der Waals surface area contributed by atoms with Crippen LogP contribution in [0.5, 0.6) is 17.2 Å². The molecule has 11 heteroatoms. The third kappa shape index (κ3) is 4.77. The van der Waals surface area contributed by atoms with Gasteiger partial charge in [0.05, 0.1) is 10.6 Å². The van der Waals surface area contributed by atoms with Crippen LogP contribution < -0.4 is 29.6 Å². The van der Waals surface area contributed by atoms with Crippen LogP contribution in [0.2, 0.25) is 0 Å². The van der Waals surface area contributed by atoms with Crippen molar-refractivity contribution >= 4 is 33.2 Å². The number of hydrogen-bond acceptors (Lipinski definition) is 7. The van der Waals surface area contributed by atoms with Crippen molar-refractivity contribution in [2.75, 3.05) is 17.4 Å². The Morgan fingerprint density at radius 2 is 1.83 bits per heavy atom. The number of amides is 2. The molecule has 10 nitrogen and oxygen atoms in total. The summed E-state index contributed by atoms with van der Waals surface area (Å²) in [5.74, 6) is 0.875. The van der Waals surface area contributed by atoms with Crippen LogP contribution in [0, 0.1) is 0 Å². The van der Waals surface area contributed by atoms with Crippen LogP contribution in [0.15, 0.2) is 65.6 Å². The van der Waals surface area contributed by atoms with Crippen molar-refractivity contribution in [3.05, 3.63) is 71.8 Å². The van der Waals surface area contributed by atoms with Crippen molar-refractivity contribution in [3.63, 3.8) is 0 Å². The second-order valence-corrected chi connectivity index (χ2v) is 9.72. The molecule has 3 aromatic carbocycles. The molecule has 2 heterocycles. The molecule has 0 saturated carbocycles. The molecule has 2 amide bonds. The Kier molecular flexibility index (Phi) is 5.79. The molecule has 2 aliphatic heterocycles. The molecule has 3 N–H and O–H groups in total. The van der Waals surface area contributed by atoms with Gasteiger partial charge in [0.25, 0.3) is 11.8 Å². The normalized spacial score (nSPS) is 16.1. The molecule has 2 aliphatic rings. The summed E-state index contributed by atoms with van der Waals surface area (Å²) >= 11 is 0. The van der Waals surface area contributed by atoms with E-state index in [4.69, 9.17) is 14.2 Å². The van der Waals surface area contributed by atoms with E-state index in [2.05, 4.69) is 15.4 Å². The fraction of sp³-hybridized carbons (Fsp3) is 0.167. The standard InChI is InChI=1S/C24H21N3O7S/c1-14-23(28)27-19-11-17(6-8-20(19)34-14)26-24(29)16-3-2-4-18(10-16)35(30,31)25-12-15-5-7-21-22(9-15)33-13-32-21/h2-11,14,25H,12-13H2,1H3,(H,26,29)(H,27,28)/t14-/m0/s1. The van der Waals surface area contributed by atoms with Gasteiger partial charge in [-0.25, -0.2) is 13.1 Å². The lowest BCUT2D eigenvalue weighted by molar-refractivity contribution is -0.122. The number of carbonyl (C=O) groups is 2. The SMILES string of the molecule is C[C@@H]1Oc2ccc(NC(=O)c3cccc(S(=O)(=O)NCc4ccc5c(c4)OCO5)c3)cc2NC1=O. The molecule has 180 valence electrons. The van der Waals surface area contributed by atoms with Crippen LogP contribution in [0.25, 0.3) is 0 Å². The van der Waals surface area contributed by atoms with Gasteiger partial charge >= 0.3 is 0 Å². The molecule has 0 aliphatic carbocycles. The largest absolute Gasteiger partial charge is 0.479 e. The van der Waals surface area contributed by atoms with Crippen molar-refractivity contribution in [1.82, 2.24) is 4.72 Å². The van der Waals surface area contributed by atoms with Crippen LogP contribution in [0.1, 0.15) is 22.8 Å². The number of fused-ring (bicyclic) bond motifs is 2. The van der Waals surface area contributed by atoms with Gasteiger partial charge in [0.2, 0.25) is 16.8 Å². The Hall–Kier alpha value is -4.09. The average molecular weight is 496 g/mol. The predicted octanol–water partition coefficient (Wildman–Crippen LogP) is 2.87. The zero-order valence-electron chi connectivity index (χ0n) is 18.5. The number of benzene rings is 3. The van der Waals surface area contributed by atoms with Crippen molar-refractivity contribution in [3.8, 4) is 17.2 Å². The topological polar surface area (TPSA) is 132 Å². The van der Waals surface area contributed by atoms with Gasteiger partial charge < -0.3 is 24.8 Å². The quantitative estimate of drug-likeness (QED) is 0.479. The Morgan fingerprint density at radius 1 is 1.03 bits per heavy atom. The van der Waals surface area contributed by atoms with E-state index in [9.17, 15) is 18.0 Å². The van der Waals surface area contributed by atoms with E-state index >= 15 is 0 Å². The Morgan fingerprint density at radius 3 is 2.69 bits per heavy atom. The molecule has 0 bridgehead atoms. The number of hydrogen-bond donors (Lipinski definition) is 3. The highest BCUT2D eigenvalue weighted by Crippen LogP contribution is 2.33. The fourth-order valence-corrected chi connectivity index (χ4v) is 4.67. The molecule has 0 radical (unpaired) electrons. The molecule has 0 aromatic heterocycles. The minimum atomic E-state index is -3.89. The third-order valence-electron chi connectivity index (χ3n) is 5.48. The van der Waals surface area contributed by atoms with Crippen LogP contribution in [-0.4, -0.2) is 33.1 Å². The minimum Gasteiger partial charge on any atom is -0.479 e. The summed E-state index contributed by atoms with van der Waals surface area (Å²) in [6.45, 7) is 1.81. The van der Waals surface area contributed by atoms with E-state index in [0.29, 0.717) is 34.2 Å². The van der Waals surface area contributed by atoms with Gasteiger partial charge in [0.1, 0.15) is 5.75 Å². The average Bonchev–Trinajstić information content (AvgIpc) is 3.32. The van der Waals surface area contributed by atoms with E-state index in [0.717, 1.165) is 0 Å². The molecule has 0 saturated heterocycles. The molecule has 0 fully saturated rings. The maximum atomic E-state index is 12.8. The molecule has 0 spiro atoms. The lowest BCUT2D eigenvalue weighted by atomic mass is 10.2. The number of ether oxygens (including phenoxy) is 3. The van der Waals surface area contributed by atoms with Crippen molar-refractivity contribution in [2.24, 2.45) is 0 Å². The lowest BCUT2D eigenvalue weighted by Gasteiger charge is -2.23. The lowest BCUT2D eigenvalue weighted by Crippen LogP contribution is -2.34. The number of rotatable bonds is 6. The smallest absolute Gasteiger partial charge is 0.265 e. The van der Waals surface area contributed by atoms with Crippen molar-refractivity contribution in [2.45, 2.75) is 24.5 Å². The highest BCUT2D eigenvalue weighted by Gasteiger charge is 2.24. The Bertz CT molecular complexity index is 1440. The number of nitrogens with one attached hydrogen (secondary N) is 3. The van der Waals surface area contributed by atoms with E-state index in [1.165, 1.54) is 24.3 Å². The van der Waals surface area contributed by atoms with Gasteiger partial charge in [-0.2, -0.15) is 0 Å². The number of sulfonamides is 1. The van der Waals surface area contributed by atoms with Crippen molar-refractivity contribution < 1.29 is 32.2 Å². The molecule has 1 atom stereocenters. The zero-order chi connectivity index (χ0) is 24.6. The predicted molar refractivity (Wildman–Crippen MR) is 126 cm³/mol. The monoisotopic (exact) mass is 495 g/mol. The first-order valence-corrected chi connectivity index (χ1v) is 12.2. The molecular weight excluding hydrogens is 474 g/mol. The molecular formula is C24H21N3O7S. The molecule has 5 rings (SSSR count). The van der Waals surface area contributed by atoms with Crippen LogP contribution in [0.3, 0.4) is 0 Å². The van der Waals surface area contributed by atoms with Gasteiger partial charge in [-0.15, -0.1) is 0 Å². The van der Waals surface area contributed by atoms with E-state index in [1.807, 2.05) is 0 Å². The second-order valence-electron chi connectivity index (χ2n) is 7.95. The van der Waals surface area contributed by atoms with Gasteiger partial charge in [-0.05, 0) is 61.0 Å². The van der Waals surface area contributed by atoms with E-state index in [-0.39, 0.29) is 29.7 Å². The Labute approximate surface area is 201 Å². The maximum absolute atomic E-state index is 12.8. The number of carbonyl (C=O) groups excluding carboxylic acids is 2. The van der Waals surface area contributed by atoms with Gasteiger partial charge in [-0.1, -0.05) is 12.1 Å². The maximum Gasteiger partial charge on any atom is 0.265 e. The van der Waals surface area contributed by atoms with E-state index in [1.54, 1.807) is 43.3 Å². The van der Waals surface area contributed by atoms with Crippen LogP contribution in [0.4, 0.5) is 11.4 Å². The van der Waals surface area contributed by atoms with Crippen LogP contribution in [-0.2, 0) is 21.4 Å². The molecule has 35 heavy (non-hydrogen) atoms. The molecule has 0 unspecified atom stereocenters. The summed E-state index contributed by atoms with van der Waals surface area (Å²) in [5, 5.41) is 5.42. The summed E-state index contributed by atoms with van der Waals surface area (Å²) in [4.78, 5) is 24.6. The highest BCUT2D eigenvalue weighted by atomic mass is 32.2. The highest BCUT2D eigenvalue weighted by molar-refractivity contribution is 7.89.